The van der Waals surface area contributed by atoms with Crippen LogP contribution < -0.4 is 20.5 Å². The zero-order valence-electron chi connectivity index (χ0n) is 47.4. The molecule has 4 aliphatic heterocycles. The first kappa shape index (κ1) is 58.2. The van der Waals surface area contributed by atoms with Crippen LogP contribution in [0, 0.1) is 17.2 Å². The first-order valence-corrected chi connectivity index (χ1v) is 32.0. The zero-order valence-corrected chi connectivity index (χ0v) is 48.4. The van der Waals surface area contributed by atoms with Gasteiger partial charge in [0.05, 0.1) is 35.9 Å². The minimum absolute atomic E-state index is 0.0217. The average molecular weight is 1120 g/mol. The van der Waals surface area contributed by atoms with E-state index in [0.717, 1.165) is 33.5 Å². The molecule has 3 aromatic carbocycles. The molecule has 0 bridgehead atoms. The highest BCUT2D eigenvalue weighted by atomic mass is 28.3. The molecular weight excluding hydrogens is 1040 g/mol. The summed E-state index contributed by atoms with van der Waals surface area (Å²) in [6.45, 7) is 16.0. The summed E-state index contributed by atoms with van der Waals surface area (Å²) in [6.07, 6.45) is 2.77. The van der Waals surface area contributed by atoms with Gasteiger partial charge >= 0.3 is 11.9 Å². The minimum Gasteiger partial charge on any atom is -0.497 e. The number of imide groups is 1. The van der Waals surface area contributed by atoms with Crippen LogP contribution in [0.25, 0.3) is 16.6 Å². The Bertz CT molecular complexity index is 2980. The van der Waals surface area contributed by atoms with Crippen LogP contribution in [0.15, 0.2) is 65.5 Å². The summed E-state index contributed by atoms with van der Waals surface area (Å²) in [5.74, 6) is -0.0884. The number of piperidine rings is 2. The van der Waals surface area contributed by atoms with Gasteiger partial charge in [0.2, 0.25) is 11.8 Å². The van der Waals surface area contributed by atoms with Crippen LogP contribution in [0.1, 0.15) is 115 Å². The van der Waals surface area contributed by atoms with E-state index in [4.69, 9.17) is 18.9 Å². The van der Waals surface area contributed by atoms with Crippen molar-refractivity contribution in [1.82, 2.24) is 23.8 Å². The van der Waals surface area contributed by atoms with Crippen LogP contribution >= 0.6 is 0 Å². The fourth-order valence-electron chi connectivity index (χ4n) is 12.5. The molecule has 79 heavy (non-hydrogen) atoms. The molecule has 0 saturated carbocycles. The number of imidazole rings is 1. The van der Waals surface area contributed by atoms with Gasteiger partial charge in [-0.05, 0) is 145 Å². The van der Waals surface area contributed by atoms with Crippen LogP contribution in [0.2, 0.25) is 25.7 Å². The number of carbonyl (C=O) groups is 3. The number of nitrogens with zero attached hydrogens (tertiary/aromatic N) is 5. The number of amides is 3. The van der Waals surface area contributed by atoms with E-state index >= 15 is 4.39 Å². The van der Waals surface area contributed by atoms with Gasteiger partial charge < -0.3 is 29.2 Å². The van der Waals surface area contributed by atoms with Crippen molar-refractivity contribution in [3.05, 3.63) is 93.7 Å². The smallest absolute Gasteiger partial charge is 0.395 e. The van der Waals surface area contributed by atoms with Gasteiger partial charge in [0.1, 0.15) is 36.5 Å². The van der Waals surface area contributed by atoms with E-state index in [1.165, 1.54) is 24.5 Å². The molecule has 5 heterocycles. The molecule has 19 heteroatoms. The molecule has 0 spiro atoms. The van der Waals surface area contributed by atoms with Gasteiger partial charge in [0, 0.05) is 76.8 Å². The molecule has 5 aliphatic rings. The first-order valence-electron chi connectivity index (χ1n) is 28.3. The molecule has 0 radical (unpaired) electrons. The Labute approximate surface area is 462 Å². The summed E-state index contributed by atoms with van der Waals surface area (Å²) >= 11 is 0. The number of allylic oxidation sites excluding steroid dienone is 2. The van der Waals surface area contributed by atoms with E-state index in [0.29, 0.717) is 119 Å². The number of rotatable bonds is 19. The van der Waals surface area contributed by atoms with Crippen LogP contribution in [0.3, 0.4) is 0 Å². The highest BCUT2D eigenvalue weighted by Gasteiger charge is 2.49. The summed E-state index contributed by atoms with van der Waals surface area (Å²) in [5.41, 5.74) is 1.73. The van der Waals surface area contributed by atoms with Crippen molar-refractivity contribution in [3.63, 3.8) is 0 Å². The standard InChI is InChI=1S/C60H80F4N6O8Si/c1-57(2,60(62,63)64)38-66(29-25-59(26-31-78-58(3,4)37-59)43-14-16-45(75-5)17-15-43)36-40-9-18-46(47(61)35-40)41-10-12-42(13-11-41)54(72)67-27-23-44(24-28-67)65-48-19-20-49-52-53(48)77-32-30-68(52)56(74)70(49)50-21-22-51(71)69(55(50)73)39-76-33-34-79(6,7)8/h9-10,14-20,35,42,44,50,65H,11-13,21-34,36-39H2,1-8H3/t42-,50?,59-/m1/s1. The van der Waals surface area contributed by atoms with Crippen molar-refractivity contribution in [3.8, 4) is 11.5 Å². The maximum absolute atomic E-state index is 16.2. The third kappa shape index (κ3) is 12.8. The molecule has 1 unspecified atom stereocenters. The van der Waals surface area contributed by atoms with Crippen molar-refractivity contribution in [2.24, 2.45) is 11.3 Å². The maximum atomic E-state index is 16.2. The quantitative estimate of drug-likeness (QED) is 0.0418. The third-order valence-corrected chi connectivity index (χ3v) is 18.9. The number of hydrogen-bond donors (Lipinski definition) is 1. The van der Waals surface area contributed by atoms with Gasteiger partial charge in [-0.3, -0.25) is 33.3 Å². The number of alkyl halides is 3. The van der Waals surface area contributed by atoms with Crippen molar-refractivity contribution >= 4 is 48.1 Å². The lowest BCUT2D eigenvalue weighted by Gasteiger charge is -2.46. The summed E-state index contributed by atoms with van der Waals surface area (Å²) in [5, 5.41) is 3.63. The maximum Gasteiger partial charge on any atom is 0.395 e. The Morgan fingerprint density at radius 2 is 1.68 bits per heavy atom. The van der Waals surface area contributed by atoms with E-state index in [1.54, 1.807) is 17.7 Å². The summed E-state index contributed by atoms with van der Waals surface area (Å²) in [4.78, 5) is 59.7. The Hall–Kier alpha value is -5.50. The van der Waals surface area contributed by atoms with Crippen molar-refractivity contribution in [1.29, 1.82) is 0 Å². The number of hydrogen-bond acceptors (Lipinski definition) is 10. The lowest BCUT2D eigenvalue weighted by Crippen LogP contribution is -2.48. The molecule has 3 fully saturated rings. The van der Waals surface area contributed by atoms with E-state index in [2.05, 4.69) is 38.8 Å². The molecule has 1 aliphatic carbocycles. The SMILES string of the molecule is COc1ccc([C@]2(CCN(Cc3ccc(C4=CC[C@@H](C(=O)N5CCC(Nc6ccc7c8c6OCCn8c(=O)n7C6CCC(=O)N(COCC[Si](C)(C)C)C6=O)CC5)CC4)c(F)c3)CC(C)(C)C(F)(F)F)CCOC(C)(C)C2)cc1. The zero-order chi connectivity index (χ0) is 56.7. The monoisotopic (exact) mass is 1120 g/mol. The van der Waals surface area contributed by atoms with Gasteiger partial charge in [-0.15, -0.1) is 0 Å². The van der Waals surface area contributed by atoms with Gasteiger partial charge in [-0.25, -0.2) is 9.18 Å². The molecule has 1 N–H and O–H groups in total. The Morgan fingerprint density at radius 1 is 0.937 bits per heavy atom. The second kappa shape index (κ2) is 23.2. The molecule has 430 valence electrons. The van der Waals surface area contributed by atoms with Crippen LogP contribution in [-0.2, 0) is 42.4 Å². The minimum atomic E-state index is -4.44. The first-order chi connectivity index (χ1) is 37.4. The number of likely N-dealkylation sites (tertiary alicyclic amines) is 2. The predicted octanol–water partition coefficient (Wildman–Crippen LogP) is 10.9. The summed E-state index contributed by atoms with van der Waals surface area (Å²) < 4.78 is 86.3. The molecule has 3 atom stereocenters. The molecule has 3 amide bonds. The third-order valence-electron chi connectivity index (χ3n) is 17.2. The van der Waals surface area contributed by atoms with E-state index in [-0.39, 0.29) is 74.1 Å². The van der Waals surface area contributed by atoms with E-state index in [9.17, 15) is 32.3 Å². The molecule has 4 aromatic rings. The van der Waals surface area contributed by atoms with E-state index in [1.807, 2.05) is 58.3 Å². The van der Waals surface area contributed by atoms with Crippen molar-refractivity contribution in [2.45, 2.75) is 160 Å². The number of carbonyl (C=O) groups excluding carboxylic acids is 3. The lowest BCUT2D eigenvalue weighted by atomic mass is 9.67. The van der Waals surface area contributed by atoms with E-state index < -0.39 is 43.0 Å². The number of benzene rings is 3. The fourth-order valence-corrected chi connectivity index (χ4v) is 13.3. The Morgan fingerprint density at radius 3 is 2.34 bits per heavy atom. The number of nitrogens with one attached hydrogen (secondary N) is 1. The topological polar surface area (TPSA) is 137 Å². The van der Waals surface area contributed by atoms with Crippen LogP contribution in [0.5, 0.6) is 11.5 Å². The van der Waals surface area contributed by atoms with Crippen LogP contribution in [-0.4, -0.2) is 127 Å². The number of anilines is 1. The number of methoxy groups -OCH3 is 1. The normalized spacial score (nSPS) is 22.3. The Kier molecular flexibility index (Phi) is 17.1. The summed E-state index contributed by atoms with van der Waals surface area (Å²) in [6, 6.07) is 16.7. The molecule has 14 nitrogen and oxygen atoms in total. The van der Waals surface area contributed by atoms with Crippen molar-refractivity contribution in [2.75, 3.05) is 65.2 Å². The Balaban J connectivity index is 0.813. The van der Waals surface area contributed by atoms with Gasteiger partial charge in [-0.2, -0.15) is 13.2 Å². The second-order valence-electron chi connectivity index (χ2n) is 25.2. The molecule has 1 aromatic heterocycles. The lowest BCUT2D eigenvalue weighted by molar-refractivity contribution is -0.217. The largest absolute Gasteiger partial charge is 0.497 e. The number of halogens is 4. The van der Waals surface area contributed by atoms with Gasteiger partial charge in [0.25, 0.3) is 5.91 Å². The molecule has 9 rings (SSSR count). The number of ether oxygens (including phenoxy) is 4. The van der Waals surface area contributed by atoms with Crippen LogP contribution in [0.4, 0.5) is 23.2 Å². The highest BCUT2D eigenvalue weighted by molar-refractivity contribution is 6.76. The summed E-state index contributed by atoms with van der Waals surface area (Å²) in [7, 11) is 0.235. The van der Waals surface area contributed by atoms with Gasteiger partial charge in [-0.1, -0.05) is 50.0 Å². The predicted molar refractivity (Wildman–Crippen MR) is 299 cm³/mol. The fraction of sp³-hybridized carbons (Fsp3) is 0.600. The second-order valence-corrected chi connectivity index (χ2v) is 30.8. The molecular formula is C60H80F4N6O8Si. The average Bonchev–Trinajstić information content (AvgIpc) is 3.87. The highest BCUT2D eigenvalue weighted by Crippen LogP contribution is 2.46. The molecule has 3 saturated heterocycles. The van der Waals surface area contributed by atoms with Crippen molar-refractivity contribution < 1.29 is 50.9 Å². The number of aromatic nitrogens is 2. The van der Waals surface area contributed by atoms with Gasteiger partial charge in [0.15, 0.2) is 5.75 Å².